The maximum absolute atomic E-state index is 12.5. The number of hydrogen-bond acceptors (Lipinski definition) is 6. The number of methoxy groups -OCH3 is 3. The lowest BCUT2D eigenvalue weighted by molar-refractivity contribution is -0.119. The summed E-state index contributed by atoms with van der Waals surface area (Å²) in [7, 11) is 4.53. The van der Waals surface area contributed by atoms with Crippen molar-refractivity contribution in [3.63, 3.8) is 0 Å². The van der Waals surface area contributed by atoms with E-state index in [2.05, 4.69) is 5.32 Å². The topological polar surface area (TPSA) is 109 Å². The molecule has 2 rings (SSSR count). The highest BCUT2D eigenvalue weighted by molar-refractivity contribution is 5.94. The first-order valence-electron chi connectivity index (χ1n) is 8.07. The van der Waals surface area contributed by atoms with Gasteiger partial charge in [0.05, 0.1) is 21.3 Å². The fourth-order valence-corrected chi connectivity index (χ4v) is 2.45. The number of hydrogen-bond donors (Lipinski definition) is 2. The molecule has 0 bridgehead atoms. The van der Waals surface area contributed by atoms with Crippen molar-refractivity contribution in [1.82, 2.24) is 5.32 Å². The largest absolute Gasteiger partial charge is 0.493 e. The molecular formula is C19H22N2O6. The summed E-state index contributed by atoms with van der Waals surface area (Å²) in [5.41, 5.74) is 6.21. The molecule has 2 aromatic rings. The maximum Gasteiger partial charge on any atom is 0.255 e. The Balaban J connectivity index is 2.11. The molecule has 2 aromatic carbocycles. The van der Waals surface area contributed by atoms with Gasteiger partial charge in [0.2, 0.25) is 0 Å². The van der Waals surface area contributed by atoms with E-state index in [0.717, 1.165) is 5.56 Å². The fourth-order valence-electron chi connectivity index (χ4n) is 2.45. The summed E-state index contributed by atoms with van der Waals surface area (Å²) in [6, 6.07) is 10.1. The Hall–Kier alpha value is -3.42. The van der Waals surface area contributed by atoms with E-state index >= 15 is 0 Å². The van der Waals surface area contributed by atoms with Crippen molar-refractivity contribution in [2.45, 2.75) is 6.54 Å². The van der Waals surface area contributed by atoms with E-state index in [0.29, 0.717) is 28.6 Å². The monoisotopic (exact) mass is 374 g/mol. The van der Waals surface area contributed by atoms with Crippen LogP contribution in [0.4, 0.5) is 0 Å². The van der Waals surface area contributed by atoms with E-state index < -0.39 is 5.91 Å². The van der Waals surface area contributed by atoms with Gasteiger partial charge in [-0.25, -0.2) is 0 Å². The van der Waals surface area contributed by atoms with Gasteiger partial charge >= 0.3 is 0 Å². The molecule has 2 amide bonds. The van der Waals surface area contributed by atoms with Crippen molar-refractivity contribution in [1.29, 1.82) is 0 Å². The van der Waals surface area contributed by atoms with Gasteiger partial charge in [-0.2, -0.15) is 0 Å². The molecule has 0 saturated carbocycles. The molecule has 0 spiro atoms. The average molecular weight is 374 g/mol. The Labute approximate surface area is 157 Å². The number of carbonyl (C=O) groups excluding carboxylic acids is 2. The third-order valence-corrected chi connectivity index (χ3v) is 3.72. The SMILES string of the molecule is COc1cc(C(=O)NCc2cccc(OC)c2OC)ccc1OCC(N)=O. The van der Waals surface area contributed by atoms with Gasteiger partial charge in [0.1, 0.15) is 0 Å². The van der Waals surface area contributed by atoms with Crippen molar-refractivity contribution < 1.29 is 28.5 Å². The zero-order valence-corrected chi connectivity index (χ0v) is 15.4. The van der Waals surface area contributed by atoms with Gasteiger partial charge in [0.25, 0.3) is 11.8 Å². The van der Waals surface area contributed by atoms with Crippen LogP contribution in [0.25, 0.3) is 0 Å². The van der Waals surface area contributed by atoms with E-state index in [1.54, 1.807) is 32.4 Å². The molecule has 0 aliphatic heterocycles. The van der Waals surface area contributed by atoms with Gasteiger partial charge in [0.15, 0.2) is 29.6 Å². The minimum absolute atomic E-state index is 0.251. The number of ether oxygens (including phenoxy) is 4. The number of primary amides is 1. The van der Waals surface area contributed by atoms with E-state index in [-0.39, 0.29) is 19.1 Å². The smallest absolute Gasteiger partial charge is 0.255 e. The number of carbonyl (C=O) groups is 2. The highest BCUT2D eigenvalue weighted by Gasteiger charge is 2.14. The van der Waals surface area contributed by atoms with E-state index in [4.69, 9.17) is 24.7 Å². The molecule has 0 radical (unpaired) electrons. The molecule has 0 fully saturated rings. The number of para-hydroxylation sites is 1. The second-order valence-corrected chi connectivity index (χ2v) is 5.46. The summed E-state index contributed by atoms with van der Waals surface area (Å²) >= 11 is 0. The molecular weight excluding hydrogens is 352 g/mol. The lowest BCUT2D eigenvalue weighted by Gasteiger charge is -2.14. The van der Waals surface area contributed by atoms with Crippen LogP contribution in [0.5, 0.6) is 23.0 Å². The lowest BCUT2D eigenvalue weighted by Crippen LogP contribution is -2.23. The molecule has 27 heavy (non-hydrogen) atoms. The predicted octanol–water partition coefficient (Wildman–Crippen LogP) is 1.51. The third-order valence-electron chi connectivity index (χ3n) is 3.72. The molecule has 0 aromatic heterocycles. The second-order valence-electron chi connectivity index (χ2n) is 5.46. The molecule has 3 N–H and O–H groups in total. The molecule has 0 heterocycles. The van der Waals surface area contributed by atoms with Gasteiger partial charge in [-0.1, -0.05) is 12.1 Å². The van der Waals surface area contributed by atoms with Crippen LogP contribution < -0.4 is 30.0 Å². The summed E-state index contributed by atoms with van der Waals surface area (Å²) in [5.74, 6) is 0.880. The molecule has 0 saturated heterocycles. The van der Waals surface area contributed by atoms with Crippen LogP contribution in [-0.2, 0) is 11.3 Å². The van der Waals surface area contributed by atoms with Crippen LogP contribution in [0, 0.1) is 0 Å². The fraction of sp³-hybridized carbons (Fsp3) is 0.263. The van der Waals surface area contributed by atoms with Crippen LogP contribution >= 0.6 is 0 Å². The zero-order valence-electron chi connectivity index (χ0n) is 15.4. The van der Waals surface area contributed by atoms with Gasteiger partial charge in [-0.15, -0.1) is 0 Å². The van der Waals surface area contributed by atoms with Crippen LogP contribution in [0.2, 0.25) is 0 Å². The van der Waals surface area contributed by atoms with Crippen molar-refractivity contribution in [2.75, 3.05) is 27.9 Å². The molecule has 0 aliphatic rings. The van der Waals surface area contributed by atoms with Crippen LogP contribution in [0.1, 0.15) is 15.9 Å². The molecule has 8 nitrogen and oxygen atoms in total. The van der Waals surface area contributed by atoms with Crippen molar-refractivity contribution in [2.24, 2.45) is 5.73 Å². The number of rotatable bonds is 9. The van der Waals surface area contributed by atoms with Crippen LogP contribution in [-0.4, -0.2) is 39.8 Å². The van der Waals surface area contributed by atoms with E-state index in [9.17, 15) is 9.59 Å². The van der Waals surface area contributed by atoms with E-state index in [1.807, 2.05) is 12.1 Å². The Morgan fingerprint density at radius 1 is 0.963 bits per heavy atom. The molecule has 8 heteroatoms. The van der Waals surface area contributed by atoms with Crippen molar-refractivity contribution in [3.05, 3.63) is 47.5 Å². The zero-order chi connectivity index (χ0) is 19.8. The number of nitrogens with one attached hydrogen (secondary N) is 1. The number of benzene rings is 2. The van der Waals surface area contributed by atoms with Gasteiger partial charge in [0, 0.05) is 17.7 Å². The summed E-state index contributed by atoms with van der Waals surface area (Å²) in [6.07, 6.45) is 0. The van der Waals surface area contributed by atoms with Crippen molar-refractivity contribution in [3.8, 4) is 23.0 Å². The minimum Gasteiger partial charge on any atom is -0.493 e. The number of nitrogens with two attached hydrogens (primary N) is 1. The van der Waals surface area contributed by atoms with Gasteiger partial charge in [-0.3, -0.25) is 9.59 Å². The molecule has 0 atom stereocenters. The first-order valence-corrected chi connectivity index (χ1v) is 8.07. The first-order chi connectivity index (χ1) is 13.0. The summed E-state index contributed by atoms with van der Waals surface area (Å²) in [6.45, 7) is -0.0288. The quantitative estimate of drug-likeness (QED) is 0.689. The molecule has 144 valence electrons. The molecule has 0 unspecified atom stereocenters. The number of amides is 2. The van der Waals surface area contributed by atoms with E-state index in [1.165, 1.54) is 13.2 Å². The Bertz CT molecular complexity index is 822. The maximum atomic E-state index is 12.5. The summed E-state index contributed by atoms with van der Waals surface area (Å²) in [5, 5.41) is 2.82. The highest BCUT2D eigenvalue weighted by Crippen LogP contribution is 2.31. The third kappa shape index (κ3) is 5.04. The Kier molecular flexibility index (Phi) is 6.87. The Morgan fingerprint density at radius 3 is 2.33 bits per heavy atom. The van der Waals surface area contributed by atoms with Crippen LogP contribution in [0.3, 0.4) is 0 Å². The van der Waals surface area contributed by atoms with Gasteiger partial charge in [-0.05, 0) is 24.3 Å². The van der Waals surface area contributed by atoms with Crippen molar-refractivity contribution >= 4 is 11.8 Å². The molecule has 0 aliphatic carbocycles. The highest BCUT2D eigenvalue weighted by atomic mass is 16.5. The standard InChI is InChI=1S/C19H22N2O6/c1-24-15-6-4-5-13(18(15)26-3)10-21-19(23)12-7-8-14(16(9-12)25-2)27-11-17(20)22/h4-9H,10-11H2,1-3H3,(H2,20,22)(H,21,23). The van der Waals surface area contributed by atoms with Gasteiger partial charge < -0.3 is 30.0 Å². The Morgan fingerprint density at radius 2 is 1.70 bits per heavy atom. The lowest BCUT2D eigenvalue weighted by atomic mass is 10.1. The summed E-state index contributed by atoms with van der Waals surface area (Å²) in [4.78, 5) is 23.3. The average Bonchev–Trinajstić information content (AvgIpc) is 2.69. The minimum atomic E-state index is -0.605. The first kappa shape index (κ1) is 19.9. The normalized spacial score (nSPS) is 10.0. The van der Waals surface area contributed by atoms with Crippen LogP contribution in [0.15, 0.2) is 36.4 Å². The predicted molar refractivity (Wildman–Crippen MR) is 98.4 cm³/mol. The summed E-state index contributed by atoms with van der Waals surface area (Å²) < 4.78 is 21.1. The second kappa shape index (κ2) is 9.33.